The van der Waals surface area contributed by atoms with Gasteiger partial charge in [-0.3, -0.25) is 4.79 Å². The highest BCUT2D eigenvalue weighted by Crippen LogP contribution is 2.45. The summed E-state index contributed by atoms with van der Waals surface area (Å²) >= 11 is 0. The molecule has 0 atom stereocenters. The summed E-state index contributed by atoms with van der Waals surface area (Å²) in [6, 6.07) is 1.63. The summed E-state index contributed by atoms with van der Waals surface area (Å²) < 4.78 is 36.7. The monoisotopic (exact) mass is 302 g/mol. The van der Waals surface area contributed by atoms with Crippen LogP contribution in [0.2, 0.25) is 0 Å². The number of halogens is 1. The molecule has 110 valence electrons. The second-order valence-electron chi connectivity index (χ2n) is 5.17. The predicted octanol–water partition coefficient (Wildman–Crippen LogP) is 1.83. The highest BCUT2D eigenvalue weighted by atomic mass is 32.2. The van der Waals surface area contributed by atoms with Crippen LogP contribution in [0, 0.1) is 5.82 Å². The molecule has 2 rings (SSSR count). The van der Waals surface area contributed by atoms with Crippen LogP contribution in [0.1, 0.15) is 31.2 Å². The fraction of sp³-hybridized carbons (Fsp3) is 0.462. The Balaban J connectivity index is 2.65. The van der Waals surface area contributed by atoms with Crippen molar-refractivity contribution < 1.29 is 27.8 Å². The van der Waals surface area contributed by atoms with Crippen molar-refractivity contribution in [3.8, 4) is 5.75 Å². The van der Waals surface area contributed by atoms with Gasteiger partial charge in [0.25, 0.3) is 0 Å². The molecule has 0 aliphatic heterocycles. The first kappa shape index (κ1) is 14.8. The highest BCUT2D eigenvalue weighted by molar-refractivity contribution is 7.90. The fourth-order valence-electron chi connectivity index (χ4n) is 2.79. The van der Waals surface area contributed by atoms with Crippen LogP contribution in [-0.2, 0) is 20.0 Å². The number of carboxylic acids is 1. The molecular weight excluding hydrogens is 287 g/mol. The summed E-state index contributed by atoms with van der Waals surface area (Å²) in [6.45, 7) is 0. The molecule has 0 amide bonds. The van der Waals surface area contributed by atoms with Gasteiger partial charge in [0.15, 0.2) is 9.84 Å². The molecule has 0 saturated heterocycles. The van der Waals surface area contributed by atoms with E-state index in [4.69, 9.17) is 0 Å². The van der Waals surface area contributed by atoms with E-state index >= 15 is 0 Å². The Labute approximate surface area is 116 Å². The normalized spacial score (nSPS) is 18.1. The molecule has 0 unspecified atom stereocenters. The van der Waals surface area contributed by atoms with Gasteiger partial charge in [-0.05, 0) is 18.9 Å². The third kappa shape index (κ3) is 2.26. The molecule has 7 heteroatoms. The van der Waals surface area contributed by atoms with E-state index in [0.29, 0.717) is 25.7 Å². The molecule has 20 heavy (non-hydrogen) atoms. The van der Waals surface area contributed by atoms with Crippen molar-refractivity contribution in [1.82, 2.24) is 0 Å². The molecule has 1 aromatic rings. The Kier molecular flexibility index (Phi) is 3.49. The summed E-state index contributed by atoms with van der Waals surface area (Å²) in [6.07, 6.45) is 2.76. The van der Waals surface area contributed by atoms with Crippen molar-refractivity contribution >= 4 is 15.8 Å². The zero-order valence-electron chi connectivity index (χ0n) is 10.9. The van der Waals surface area contributed by atoms with Crippen LogP contribution in [0.25, 0.3) is 0 Å². The van der Waals surface area contributed by atoms with Crippen LogP contribution in [0.4, 0.5) is 4.39 Å². The lowest BCUT2D eigenvalue weighted by Crippen LogP contribution is -2.33. The highest BCUT2D eigenvalue weighted by Gasteiger charge is 2.45. The van der Waals surface area contributed by atoms with Crippen molar-refractivity contribution in [3.05, 3.63) is 23.5 Å². The van der Waals surface area contributed by atoms with Crippen LogP contribution >= 0.6 is 0 Å². The summed E-state index contributed by atoms with van der Waals surface area (Å²) in [5, 5.41) is 19.4. The van der Waals surface area contributed by atoms with Gasteiger partial charge in [0.2, 0.25) is 0 Å². The number of phenols is 1. The summed E-state index contributed by atoms with van der Waals surface area (Å²) in [5.41, 5.74) is -1.38. The third-order valence-electron chi connectivity index (χ3n) is 3.83. The number of phenolic OH excluding ortho intramolecular Hbond substituents is 1. The van der Waals surface area contributed by atoms with Gasteiger partial charge in [-0.15, -0.1) is 0 Å². The number of carbonyl (C=O) groups is 1. The van der Waals surface area contributed by atoms with Crippen LogP contribution in [0.15, 0.2) is 17.0 Å². The lowest BCUT2D eigenvalue weighted by atomic mass is 9.78. The van der Waals surface area contributed by atoms with Crippen molar-refractivity contribution in [1.29, 1.82) is 0 Å². The Bertz CT molecular complexity index is 660. The van der Waals surface area contributed by atoms with Gasteiger partial charge < -0.3 is 10.2 Å². The minimum atomic E-state index is -3.82. The largest absolute Gasteiger partial charge is 0.508 e. The van der Waals surface area contributed by atoms with E-state index in [2.05, 4.69) is 0 Å². The van der Waals surface area contributed by atoms with E-state index in [-0.39, 0.29) is 5.56 Å². The SMILES string of the molecule is CS(=O)(=O)c1cc(O)c(C2(C(=O)O)CCCC2)cc1F. The topological polar surface area (TPSA) is 91.7 Å². The molecule has 2 N–H and O–H groups in total. The van der Waals surface area contributed by atoms with Crippen LogP contribution in [-0.4, -0.2) is 30.9 Å². The van der Waals surface area contributed by atoms with Gasteiger partial charge >= 0.3 is 5.97 Å². The minimum Gasteiger partial charge on any atom is -0.508 e. The van der Waals surface area contributed by atoms with E-state index in [9.17, 15) is 27.8 Å². The zero-order valence-corrected chi connectivity index (χ0v) is 11.7. The Morgan fingerprint density at radius 1 is 1.30 bits per heavy atom. The Morgan fingerprint density at radius 2 is 1.85 bits per heavy atom. The second kappa shape index (κ2) is 4.73. The van der Waals surface area contributed by atoms with Crippen molar-refractivity contribution in [2.24, 2.45) is 0 Å². The number of rotatable bonds is 3. The quantitative estimate of drug-likeness (QED) is 0.888. The standard InChI is InChI=1S/C13H15FO5S/c1-20(18,19)11-7-10(15)8(6-9(11)14)13(12(16)17)4-2-3-5-13/h6-7,15H,2-5H2,1H3,(H,16,17). The minimum absolute atomic E-state index is 0.0487. The third-order valence-corrected chi connectivity index (χ3v) is 4.94. The smallest absolute Gasteiger partial charge is 0.314 e. The number of sulfone groups is 1. The lowest BCUT2D eigenvalue weighted by Gasteiger charge is -2.25. The summed E-state index contributed by atoms with van der Waals surface area (Å²) in [7, 11) is -3.82. The molecule has 0 bridgehead atoms. The maximum Gasteiger partial charge on any atom is 0.314 e. The average molecular weight is 302 g/mol. The van der Waals surface area contributed by atoms with Crippen LogP contribution < -0.4 is 0 Å². The average Bonchev–Trinajstić information content (AvgIpc) is 2.80. The summed E-state index contributed by atoms with van der Waals surface area (Å²) in [5.74, 6) is -2.65. The molecule has 1 aliphatic rings. The molecule has 1 fully saturated rings. The number of aliphatic carboxylic acids is 1. The van der Waals surface area contributed by atoms with Crippen LogP contribution in [0.5, 0.6) is 5.75 Å². The molecule has 1 saturated carbocycles. The fourth-order valence-corrected chi connectivity index (χ4v) is 3.53. The molecule has 5 nitrogen and oxygen atoms in total. The molecule has 1 aromatic carbocycles. The number of benzene rings is 1. The van der Waals surface area contributed by atoms with E-state index < -0.39 is 37.7 Å². The number of hydrogen-bond donors (Lipinski definition) is 2. The van der Waals surface area contributed by atoms with Gasteiger partial charge in [-0.1, -0.05) is 12.8 Å². The first-order valence-corrected chi connectivity index (χ1v) is 8.04. The molecular formula is C13H15FO5S. The maximum absolute atomic E-state index is 13.9. The number of carboxylic acid groups (broad SMARTS) is 1. The first-order chi connectivity index (χ1) is 9.18. The van der Waals surface area contributed by atoms with Gasteiger partial charge in [0.1, 0.15) is 16.5 Å². The zero-order chi connectivity index (χ0) is 15.1. The van der Waals surface area contributed by atoms with Gasteiger partial charge in [0, 0.05) is 17.9 Å². The van der Waals surface area contributed by atoms with Crippen LogP contribution in [0.3, 0.4) is 0 Å². The molecule has 0 heterocycles. The van der Waals surface area contributed by atoms with Gasteiger partial charge in [-0.2, -0.15) is 0 Å². The number of hydrogen-bond acceptors (Lipinski definition) is 4. The lowest BCUT2D eigenvalue weighted by molar-refractivity contribution is -0.143. The van der Waals surface area contributed by atoms with Gasteiger partial charge in [-0.25, -0.2) is 12.8 Å². The van der Waals surface area contributed by atoms with Crippen molar-refractivity contribution in [3.63, 3.8) is 0 Å². The Hall–Kier alpha value is -1.63. The van der Waals surface area contributed by atoms with E-state index in [1.807, 2.05) is 0 Å². The van der Waals surface area contributed by atoms with E-state index in [1.165, 1.54) is 0 Å². The molecule has 0 spiro atoms. The maximum atomic E-state index is 13.9. The second-order valence-corrected chi connectivity index (χ2v) is 7.15. The predicted molar refractivity (Wildman–Crippen MR) is 69.0 cm³/mol. The molecule has 0 radical (unpaired) electrons. The van der Waals surface area contributed by atoms with Crippen molar-refractivity contribution in [2.75, 3.05) is 6.26 Å². The Morgan fingerprint density at radius 3 is 2.30 bits per heavy atom. The summed E-state index contributed by atoms with van der Waals surface area (Å²) in [4.78, 5) is 10.9. The molecule has 1 aliphatic carbocycles. The van der Waals surface area contributed by atoms with Crippen molar-refractivity contribution in [2.45, 2.75) is 36.0 Å². The first-order valence-electron chi connectivity index (χ1n) is 6.15. The van der Waals surface area contributed by atoms with E-state index in [1.54, 1.807) is 0 Å². The van der Waals surface area contributed by atoms with E-state index in [0.717, 1.165) is 18.4 Å². The molecule has 0 aromatic heterocycles. The van der Waals surface area contributed by atoms with Gasteiger partial charge in [0.05, 0.1) is 5.41 Å². The number of aromatic hydroxyl groups is 1.